The Morgan fingerprint density at radius 3 is 2.77 bits per heavy atom. The molecule has 0 bridgehead atoms. The van der Waals surface area contributed by atoms with Crippen LogP contribution < -0.4 is 5.73 Å². The fourth-order valence-corrected chi connectivity index (χ4v) is 3.10. The quantitative estimate of drug-likeness (QED) is 0.592. The first-order chi connectivity index (χ1) is 12.7. The van der Waals surface area contributed by atoms with Gasteiger partial charge in [-0.25, -0.2) is 15.0 Å². The molecule has 1 aliphatic rings. The zero-order valence-electron chi connectivity index (χ0n) is 13.8. The van der Waals surface area contributed by atoms with E-state index in [9.17, 15) is 10.2 Å². The zero-order valence-corrected chi connectivity index (χ0v) is 13.8. The molecule has 1 aromatic carbocycles. The highest BCUT2D eigenvalue weighted by Crippen LogP contribution is 2.34. The summed E-state index contributed by atoms with van der Waals surface area (Å²) in [5.74, 6) is 0.257. The molecule has 4 rings (SSSR count). The molecule has 0 saturated carbocycles. The highest BCUT2D eigenvalue weighted by atomic mass is 16.6. The van der Waals surface area contributed by atoms with Crippen molar-refractivity contribution in [3.63, 3.8) is 0 Å². The van der Waals surface area contributed by atoms with Crippen molar-refractivity contribution in [2.45, 2.75) is 31.1 Å². The number of anilines is 1. The van der Waals surface area contributed by atoms with E-state index < -0.39 is 24.5 Å². The van der Waals surface area contributed by atoms with E-state index in [-0.39, 0.29) is 12.4 Å². The first kappa shape index (κ1) is 16.9. The Morgan fingerprint density at radius 1 is 1.19 bits per heavy atom. The lowest BCUT2D eigenvalue weighted by Gasteiger charge is -2.22. The fourth-order valence-electron chi connectivity index (χ4n) is 3.10. The number of rotatable bonds is 5. The van der Waals surface area contributed by atoms with E-state index in [4.69, 9.17) is 15.2 Å². The average Bonchev–Trinajstić information content (AvgIpc) is 3.23. The number of nitrogens with zero attached hydrogens (tertiary/aromatic N) is 4. The number of hydrogen-bond donors (Lipinski definition) is 3. The number of aliphatic hydroxyl groups excluding tert-OH is 2. The number of aromatic nitrogens is 4. The second-order valence-corrected chi connectivity index (χ2v) is 6.08. The molecule has 2 aromatic heterocycles. The molecule has 1 fully saturated rings. The van der Waals surface area contributed by atoms with Crippen LogP contribution in [-0.4, -0.2) is 54.7 Å². The Balaban J connectivity index is 1.64. The normalized spacial score (nSPS) is 25.8. The third kappa shape index (κ3) is 2.90. The Kier molecular flexibility index (Phi) is 4.51. The summed E-state index contributed by atoms with van der Waals surface area (Å²) in [7, 11) is 0. The van der Waals surface area contributed by atoms with Gasteiger partial charge in [-0.3, -0.25) is 4.57 Å². The Labute approximate surface area is 149 Å². The van der Waals surface area contributed by atoms with E-state index in [1.807, 2.05) is 30.3 Å². The number of fused-ring (bicyclic) bond motifs is 1. The van der Waals surface area contributed by atoms with Crippen molar-refractivity contribution in [1.29, 1.82) is 0 Å². The van der Waals surface area contributed by atoms with Crippen LogP contribution in [0.25, 0.3) is 11.2 Å². The van der Waals surface area contributed by atoms with Crippen LogP contribution in [-0.2, 0) is 16.1 Å². The van der Waals surface area contributed by atoms with Crippen LogP contribution in [0.1, 0.15) is 11.8 Å². The van der Waals surface area contributed by atoms with Crippen molar-refractivity contribution in [2.75, 3.05) is 12.3 Å². The van der Waals surface area contributed by atoms with E-state index in [2.05, 4.69) is 15.0 Å². The molecule has 0 spiro atoms. The molecular formula is C17H19N5O4. The van der Waals surface area contributed by atoms with Gasteiger partial charge in [0, 0.05) is 0 Å². The van der Waals surface area contributed by atoms with Gasteiger partial charge < -0.3 is 25.4 Å². The maximum absolute atomic E-state index is 10.5. The molecule has 4 N–H and O–H groups in total. The second kappa shape index (κ2) is 6.96. The van der Waals surface area contributed by atoms with Crippen LogP contribution in [0.5, 0.6) is 0 Å². The van der Waals surface area contributed by atoms with Crippen LogP contribution in [0.4, 0.5) is 5.82 Å². The van der Waals surface area contributed by atoms with Crippen LogP contribution in [0.15, 0.2) is 43.0 Å². The van der Waals surface area contributed by atoms with E-state index in [0.29, 0.717) is 17.8 Å². The average molecular weight is 357 g/mol. The third-order valence-corrected chi connectivity index (χ3v) is 4.44. The number of imidazole rings is 1. The molecule has 3 heterocycles. The monoisotopic (exact) mass is 357 g/mol. The highest BCUT2D eigenvalue weighted by molar-refractivity contribution is 5.81. The van der Waals surface area contributed by atoms with E-state index >= 15 is 0 Å². The summed E-state index contributed by atoms with van der Waals surface area (Å²) in [6.07, 6.45) is -0.315. The van der Waals surface area contributed by atoms with Crippen LogP contribution in [0.2, 0.25) is 0 Å². The minimum Gasteiger partial charge on any atom is -0.394 e. The van der Waals surface area contributed by atoms with E-state index in [1.54, 1.807) is 4.57 Å². The van der Waals surface area contributed by atoms with Crippen LogP contribution >= 0.6 is 0 Å². The molecule has 0 amide bonds. The van der Waals surface area contributed by atoms with Gasteiger partial charge in [0.2, 0.25) is 0 Å². The number of ether oxygens (including phenoxy) is 2. The molecule has 9 heteroatoms. The predicted molar refractivity (Wildman–Crippen MR) is 91.8 cm³/mol. The molecule has 0 unspecified atom stereocenters. The van der Waals surface area contributed by atoms with Crippen LogP contribution in [0.3, 0.4) is 0 Å². The number of aliphatic hydroxyl groups is 2. The molecule has 0 aliphatic carbocycles. The smallest absolute Gasteiger partial charge is 0.167 e. The van der Waals surface area contributed by atoms with Gasteiger partial charge in [-0.15, -0.1) is 0 Å². The SMILES string of the molecule is Nc1ncnc2c1ncn2[C@H]1O[C@@H](CO)[C@@H](O)[C@H]1OCc1ccccc1. The van der Waals surface area contributed by atoms with Crippen molar-refractivity contribution >= 4 is 17.0 Å². The summed E-state index contributed by atoms with van der Waals surface area (Å²) >= 11 is 0. The third-order valence-electron chi connectivity index (χ3n) is 4.44. The van der Waals surface area contributed by atoms with E-state index in [1.165, 1.54) is 12.7 Å². The summed E-state index contributed by atoms with van der Waals surface area (Å²) in [4.78, 5) is 12.3. The summed E-state index contributed by atoms with van der Waals surface area (Å²) in [5, 5.41) is 20.0. The van der Waals surface area contributed by atoms with Crippen molar-refractivity contribution in [1.82, 2.24) is 19.5 Å². The number of nitrogen functional groups attached to an aromatic ring is 1. The van der Waals surface area contributed by atoms with Gasteiger partial charge in [-0.1, -0.05) is 30.3 Å². The van der Waals surface area contributed by atoms with Crippen molar-refractivity contribution in [2.24, 2.45) is 0 Å². The fraction of sp³-hybridized carbons (Fsp3) is 0.353. The van der Waals surface area contributed by atoms with Gasteiger partial charge in [0.25, 0.3) is 0 Å². The Morgan fingerprint density at radius 2 is 2.00 bits per heavy atom. The summed E-state index contributed by atoms with van der Waals surface area (Å²) < 4.78 is 13.4. The van der Waals surface area contributed by atoms with Gasteiger partial charge in [0.15, 0.2) is 17.7 Å². The van der Waals surface area contributed by atoms with E-state index in [0.717, 1.165) is 5.56 Å². The molecule has 3 aromatic rings. The predicted octanol–water partition coefficient (Wildman–Crippen LogP) is 0.244. The van der Waals surface area contributed by atoms with Crippen LogP contribution in [0, 0.1) is 0 Å². The molecule has 136 valence electrons. The lowest BCUT2D eigenvalue weighted by atomic mass is 10.1. The summed E-state index contributed by atoms with van der Waals surface area (Å²) in [6.45, 7) is -0.0308. The summed E-state index contributed by atoms with van der Waals surface area (Å²) in [6, 6.07) is 9.61. The molecular weight excluding hydrogens is 338 g/mol. The highest BCUT2D eigenvalue weighted by Gasteiger charge is 2.45. The number of benzene rings is 1. The maximum atomic E-state index is 10.5. The minimum absolute atomic E-state index is 0.257. The first-order valence-corrected chi connectivity index (χ1v) is 8.22. The second-order valence-electron chi connectivity index (χ2n) is 6.08. The standard InChI is InChI=1S/C17H19N5O4/c18-15-12-16(20-8-19-15)22(9-21-12)17-14(13(24)11(6-23)26-17)25-7-10-4-2-1-3-5-10/h1-5,8-9,11,13-14,17,23-24H,6-7H2,(H2,18,19,20)/t11-,13+,14+,17-/m0/s1. The first-order valence-electron chi connectivity index (χ1n) is 8.22. The molecule has 4 atom stereocenters. The minimum atomic E-state index is -0.995. The lowest BCUT2D eigenvalue weighted by molar-refractivity contribution is -0.0761. The lowest BCUT2D eigenvalue weighted by Crippen LogP contribution is -2.35. The molecule has 0 radical (unpaired) electrons. The van der Waals surface area contributed by atoms with Gasteiger partial charge in [-0.2, -0.15) is 0 Å². The van der Waals surface area contributed by atoms with Gasteiger partial charge >= 0.3 is 0 Å². The molecule has 26 heavy (non-hydrogen) atoms. The maximum Gasteiger partial charge on any atom is 0.167 e. The topological polar surface area (TPSA) is 129 Å². The van der Waals surface area contributed by atoms with Crippen molar-refractivity contribution < 1.29 is 19.7 Å². The molecule has 1 saturated heterocycles. The Bertz CT molecular complexity index is 887. The number of nitrogens with two attached hydrogens (primary N) is 1. The largest absolute Gasteiger partial charge is 0.394 e. The molecule has 1 aliphatic heterocycles. The molecule has 9 nitrogen and oxygen atoms in total. The Hall–Kier alpha value is -2.59. The zero-order chi connectivity index (χ0) is 18.1. The van der Waals surface area contributed by atoms with Gasteiger partial charge in [0.05, 0.1) is 19.5 Å². The number of hydrogen-bond acceptors (Lipinski definition) is 8. The van der Waals surface area contributed by atoms with Crippen molar-refractivity contribution in [3.8, 4) is 0 Å². The van der Waals surface area contributed by atoms with Gasteiger partial charge in [0.1, 0.15) is 30.2 Å². The van der Waals surface area contributed by atoms with Gasteiger partial charge in [-0.05, 0) is 5.56 Å². The summed E-state index contributed by atoms with van der Waals surface area (Å²) in [5.41, 5.74) is 7.71. The van der Waals surface area contributed by atoms with Crippen molar-refractivity contribution in [3.05, 3.63) is 48.5 Å².